The van der Waals surface area contributed by atoms with Crippen LogP contribution in [0.2, 0.25) is 0 Å². The summed E-state index contributed by atoms with van der Waals surface area (Å²) in [6.07, 6.45) is 4.49. The van der Waals surface area contributed by atoms with Crippen molar-refractivity contribution in [2.24, 2.45) is 0 Å². The summed E-state index contributed by atoms with van der Waals surface area (Å²) in [4.78, 5) is 50.3. The molecule has 1 aromatic carbocycles. The van der Waals surface area contributed by atoms with Crippen molar-refractivity contribution in [3.8, 4) is 0 Å². The summed E-state index contributed by atoms with van der Waals surface area (Å²) >= 11 is 0. The first-order valence-corrected chi connectivity index (χ1v) is 8.35. The third-order valence-corrected chi connectivity index (χ3v) is 4.59. The highest BCUT2D eigenvalue weighted by Gasteiger charge is 2.44. The average Bonchev–Trinajstić information content (AvgIpc) is 3.12. The maximum Gasteiger partial charge on any atom is 0.334 e. The minimum atomic E-state index is -0.911. The molecule has 1 fully saturated rings. The van der Waals surface area contributed by atoms with Gasteiger partial charge in [-0.3, -0.25) is 19.3 Å². The van der Waals surface area contributed by atoms with Gasteiger partial charge < -0.3 is 0 Å². The molecule has 3 rings (SSSR count). The van der Waals surface area contributed by atoms with E-state index in [-0.39, 0.29) is 18.9 Å². The van der Waals surface area contributed by atoms with Crippen LogP contribution in [0.4, 0.5) is 4.79 Å². The molecule has 0 unspecified atom stereocenters. The molecule has 1 aliphatic carbocycles. The normalized spacial score (nSPS) is 17.0. The maximum atomic E-state index is 12.4. The van der Waals surface area contributed by atoms with Crippen LogP contribution in [0.5, 0.6) is 0 Å². The highest BCUT2D eigenvalue weighted by molar-refractivity contribution is 6.45. The number of Topliss-reactive ketones (excluding diaryl/α,β-unsaturated/α-hetero) is 1. The van der Waals surface area contributed by atoms with Crippen LogP contribution in [0.3, 0.4) is 0 Å². The molecule has 126 valence electrons. The predicted octanol–water partition coefficient (Wildman–Crippen LogP) is 1.95. The van der Waals surface area contributed by atoms with Gasteiger partial charge in [0.05, 0.1) is 6.54 Å². The Morgan fingerprint density at radius 2 is 1.75 bits per heavy atom. The van der Waals surface area contributed by atoms with Crippen LogP contribution in [0, 0.1) is 0 Å². The molecular weight excluding hydrogens is 308 g/mol. The van der Waals surface area contributed by atoms with Crippen molar-refractivity contribution >= 4 is 23.6 Å². The van der Waals surface area contributed by atoms with Gasteiger partial charge in [-0.15, -0.1) is 0 Å². The number of imide groups is 2. The van der Waals surface area contributed by atoms with Crippen LogP contribution in [0.15, 0.2) is 18.2 Å². The summed E-state index contributed by atoms with van der Waals surface area (Å²) in [5, 5.41) is 0. The topological polar surface area (TPSA) is 74.8 Å². The first-order valence-electron chi connectivity index (χ1n) is 8.35. The second-order valence-electron chi connectivity index (χ2n) is 6.24. The van der Waals surface area contributed by atoms with Gasteiger partial charge in [0.15, 0.2) is 5.78 Å². The van der Waals surface area contributed by atoms with E-state index in [9.17, 15) is 19.2 Å². The van der Waals surface area contributed by atoms with E-state index in [2.05, 4.69) is 0 Å². The van der Waals surface area contributed by atoms with Crippen LogP contribution >= 0.6 is 0 Å². The van der Waals surface area contributed by atoms with Gasteiger partial charge >= 0.3 is 17.8 Å². The van der Waals surface area contributed by atoms with Gasteiger partial charge in [-0.1, -0.05) is 25.5 Å². The van der Waals surface area contributed by atoms with E-state index in [0.29, 0.717) is 12.0 Å². The van der Waals surface area contributed by atoms with Crippen molar-refractivity contribution < 1.29 is 19.2 Å². The lowest BCUT2D eigenvalue weighted by atomic mass is 10.0. The van der Waals surface area contributed by atoms with Crippen LogP contribution in [-0.4, -0.2) is 46.5 Å². The smallest absolute Gasteiger partial charge is 0.292 e. The molecule has 0 spiro atoms. The quantitative estimate of drug-likeness (QED) is 0.454. The third-order valence-electron chi connectivity index (χ3n) is 4.59. The first-order chi connectivity index (χ1) is 11.5. The Kier molecular flexibility index (Phi) is 4.46. The first kappa shape index (κ1) is 16.4. The van der Waals surface area contributed by atoms with Crippen molar-refractivity contribution in [3.63, 3.8) is 0 Å². The van der Waals surface area contributed by atoms with Gasteiger partial charge in [-0.05, 0) is 42.9 Å². The van der Waals surface area contributed by atoms with E-state index >= 15 is 0 Å². The highest BCUT2D eigenvalue weighted by atomic mass is 16.2. The van der Waals surface area contributed by atoms with E-state index in [1.165, 1.54) is 5.56 Å². The fraction of sp³-hybridized carbons (Fsp3) is 0.444. The van der Waals surface area contributed by atoms with E-state index in [0.717, 1.165) is 41.0 Å². The van der Waals surface area contributed by atoms with Crippen molar-refractivity contribution in [1.29, 1.82) is 0 Å². The molecule has 1 heterocycles. The molecule has 1 aliphatic heterocycles. The van der Waals surface area contributed by atoms with Crippen molar-refractivity contribution in [3.05, 3.63) is 34.9 Å². The van der Waals surface area contributed by atoms with Crippen LogP contribution in [0.25, 0.3) is 0 Å². The van der Waals surface area contributed by atoms with E-state index in [4.69, 9.17) is 0 Å². The zero-order valence-corrected chi connectivity index (χ0v) is 13.7. The summed E-state index contributed by atoms with van der Waals surface area (Å²) in [5.41, 5.74) is 2.89. The second-order valence-corrected chi connectivity index (χ2v) is 6.24. The lowest BCUT2D eigenvalue weighted by molar-refractivity contribution is -0.143. The number of hydrogen-bond acceptors (Lipinski definition) is 4. The largest absolute Gasteiger partial charge is 0.334 e. The summed E-state index contributed by atoms with van der Waals surface area (Å²) in [6.45, 7) is 1.76. The van der Waals surface area contributed by atoms with Crippen LogP contribution in [0.1, 0.15) is 47.7 Å². The number of urea groups is 1. The number of nitrogens with zero attached hydrogens (tertiary/aromatic N) is 2. The third kappa shape index (κ3) is 2.84. The fourth-order valence-electron chi connectivity index (χ4n) is 3.18. The zero-order chi connectivity index (χ0) is 17.3. The van der Waals surface area contributed by atoms with Crippen molar-refractivity contribution in [1.82, 2.24) is 9.80 Å². The molecule has 1 aromatic rings. The number of carbonyl (C=O) groups is 4. The van der Waals surface area contributed by atoms with Gasteiger partial charge in [0.25, 0.3) is 0 Å². The van der Waals surface area contributed by atoms with Crippen LogP contribution in [-0.2, 0) is 22.4 Å². The molecule has 0 bridgehead atoms. The average molecular weight is 328 g/mol. The molecule has 2 aliphatic rings. The molecule has 4 amide bonds. The maximum absolute atomic E-state index is 12.4. The molecule has 24 heavy (non-hydrogen) atoms. The standard InChI is InChI=1S/C18H20N2O4/c1-2-3-9-19-16(22)17(23)20(18(19)24)11-15(21)14-8-7-12-5-4-6-13(12)10-14/h7-8,10H,2-6,9,11H2,1H3. The van der Waals surface area contributed by atoms with Crippen molar-refractivity contribution in [2.75, 3.05) is 13.1 Å². The number of aryl methyl sites for hydroxylation is 2. The van der Waals surface area contributed by atoms with Gasteiger partial charge in [-0.2, -0.15) is 0 Å². The Hall–Kier alpha value is -2.50. The lowest BCUT2D eigenvalue weighted by Gasteiger charge is -2.14. The van der Waals surface area contributed by atoms with Crippen molar-refractivity contribution in [2.45, 2.75) is 39.0 Å². The number of fused-ring (bicyclic) bond motifs is 1. The minimum absolute atomic E-state index is 0.212. The van der Waals surface area contributed by atoms with Gasteiger partial charge in [0.1, 0.15) is 0 Å². The number of carbonyl (C=O) groups excluding carboxylic acids is 4. The highest BCUT2D eigenvalue weighted by Crippen LogP contribution is 2.23. The van der Waals surface area contributed by atoms with Gasteiger partial charge in [0, 0.05) is 12.1 Å². The van der Waals surface area contributed by atoms with E-state index in [1.54, 1.807) is 6.07 Å². The summed E-state index contributed by atoms with van der Waals surface area (Å²) < 4.78 is 0. The summed E-state index contributed by atoms with van der Waals surface area (Å²) in [6, 6.07) is 4.82. The molecule has 0 aromatic heterocycles. The molecule has 0 atom stereocenters. The Balaban J connectivity index is 1.73. The number of unbranched alkanes of at least 4 members (excludes halogenated alkanes) is 1. The lowest BCUT2D eigenvalue weighted by Crippen LogP contribution is -2.37. The molecular formula is C18H20N2O4. The number of amides is 4. The Morgan fingerprint density at radius 3 is 2.50 bits per heavy atom. The van der Waals surface area contributed by atoms with Crippen LogP contribution < -0.4 is 0 Å². The minimum Gasteiger partial charge on any atom is -0.292 e. The molecule has 1 saturated heterocycles. The zero-order valence-electron chi connectivity index (χ0n) is 13.7. The Bertz CT molecular complexity index is 726. The summed E-state index contributed by atoms with van der Waals surface area (Å²) in [5.74, 6) is -2.07. The monoisotopic (exact) mass is 328 g/mol. The molecule has 0 N–H and O–H groups in total. The Labute approximate surface area is 140 Å². The van der Waals surface area contributed by atoms with Gasteiger partial charge in [-0.25, -0.2) is 9.69 Å². The predicted molar refractivity (Wildman–Crippen MR) is 86.5 cm³/mol. The fourth-order valence-corrected chi connectivity index (χ4v) is 3.18. The molecule has 0 radical (unpaired) electrons. The number of ketones is 1. The number of rotatable bonds is 6. The van der Waals surface area contributed by atoms with E-state index < -0.39 is 17.8 Å². The molecule has 0 saturated carbocycles. The van der Waals surface area contributed by atoms with Gasteiger partial charge in [0.2, 0.25) is 0 Å². The Morgan fingerprint density at radius 1 is 1.04 bits per heavy atom. The second kappa shape index (κ2) is 6.55. The number of benzene rings is 1. The molecule has 6 heteroatoms. The number of hydrogen-bond donors (Lipinski definition) is 0. The van der Waals surface area contributed by atoms with E-state index in [1.807, 2.05) is 19.1 Å². The SMILES string of the molecule is CCCCN1C(=O)C(=O)N(CC(=O)c2ccc3c(c2)CCC3)C1=O. The molecule has 6 nitrogen and oxygen atoms in total. The summed E-state index contributed by atoms with van der Waals surface area (Å²) in [7, 11) is 0.